The molecule has 5 rings (SSSR count). The van der Waals surface area contributed by atoms with E-state index in [9.17, 15) is 10.4 Å². The van der Waals surface area contributed by atoms with Gasteiger partial charge in [0.15, 0.2) is 0 Å². The number of rotatable bonds is 10. The number of hydrogen-bond donors (Lipinski definition) is 1. The van der Waals surface area contributed by atoms with E-state index in [1.807, 2.05) is 11.0 Å². The maximum absolute atomic E-state index is 10.9. The van der Waals surface area contributed by atoms with Crippen LogP contribution in [0.3, 0.4) is 0 Å². The molecule has 2 aromatic rings. The largest absolute Gasteiger partial charge is 0.462 e. The summed E-state index contributed by atoms with van der Waals surface area (Å²) in [6, 6.07) is 9.46. The van der Waals surface area contributed by atoms with Crippen LogP contribution in [-0.2, 0) is 17.7 Å². The van der Waals surface area contributed by atoms with Crippen LogP contribution < -0.4 is 14.5 Å². The molecule has 1 aromatic heterocycles. The lowest BCUT2D eigenvalue weighted by molar-refractivity contribution is 0.00365. The van der Waals surface area contributed by atoms with E-state index in [0.29, 0.717) is 57.9 Å². The first-order valence-electron chi connectivity index (χ1n) is 15.1. The highest BCUT2D eigenvalue weighted by molar-refractivity contribution is 5.60. The third-order valence-electron chi connectivity index (χ3n) is 9.08. The van der Waals surface area contributed by atoms with Gasteiger partial charge in [-0.25, -0.2) is 0 Å². The summed E-state index contributed by atoms with van der Waals surface area (Å²) in [5.74, 6) is 0.905. The summed E-state index contributed by atoms with van der Waals surface area (Å²) in [6.45, 7) is 9.91. The number of aliphatic hydroxyl groups excluding tert-OH is 1. The van der Waals surface area contributed by atoms with Gasteiger partial charge in [0, 0.05) is 56.6 Å². The SMILES string of the molecule is COC/C=C/C(O)N1CCN(c2nc(OC[C@@H]3CCCN3C)nc3c2CCN(c2cccc(C)c2C)C3)C[C@@H]1CC#N. The summed E-state index contributed by atoms with van der Waals surface area (Å²) in [6.07, 6.45) is 6.23. The zero-order valence-electron chi connectivity index (χ0n) is 25.5. The number of likely N-dealkylation sites (N-methyl/N-ethyl adjacent to an activating group) is 1. The van der Waals surface area contributed by atoms with E-state index >= 15 is 0 Å². The Morgan fingerprint density at radius 2 is 2.00 bits per heavy atom. The molecule has 0 radical (unpaired) electrons. The monoisotopic (exact) mass is 575 g/mol. The topological polar surface area (TPSA) is 101 Å². The number of nitriles is 1. The molecule has 0 spiro atoms. The molecule has 42 heavy (non-hydrogen) atoms. The molecule has 0 amide bonds. The number of aliphatic hydroxyl groups is 1. The van der Waals surface area contributed by atoms with Crippen LogP contribution in [0.15, 0.2) is 30.4 Å². The van der Waals surface area contributed by atoms with E-state index in [-0.39, 0.29) is 6.04 Å². The zero-order valence-corrected chi connectivity index (χ0v) is 25.5. The molecule has 0 bridgehead atoms. The quantitative estimate of drug-likeness (QED) is 0.426. The highest BCUT2D eigenvalue weighted by atomic mass is 16.5. The molecule has 226 valence electrons. The summed E-state index contributed by atoms with van der Waals surface area (Å²) in [7, 11) is 3.78. The van der Waals surface area contributed by atoms with Gasteiger partial charge in [-0.2, -0.15) is 15.2 Å². The van der Waals surface area contributed by atoms with E-state index in [4.69, 9.17) is 19.4 Å². The van der Waals surface area contributed by atoms with Crippen molar-refractivity contribution in [1.29, 1.82) is 5.26 Å². The summed E-state index contributed by atoms with van der Waals surface area (Å²) in [5.41, 5.74) is 5.99. The molecule has 0 aliphatic carbocycles. The van der Waals surface area contributed by atoms with E-state index in [1.54, 1.807) is 13.2 Å². The number of ether oxygens (including phenoxy) is 2. The first-order chi connectivity index (χ1) is 20.4. The number of methoxy groups -OCH3 is 1. The van der Waals surface area contributed by atoms with Crippen LogP contribution >= 0.6 is 0 Å². The number of aryl methyl sites for hydroxylation is 1. The number of anilines is 2. The minimum atomic E-state index is -0.770. The summed E-state index contributed by atoms with van der Waals surface area (Å²) >= 11 is 0. The number of aromatic nitrogens is 2. The van der Waals surface area contributed by atoms with Gasteiger partial charge in [0.1, 0.15) is 18.7 Å². The predicted octanol–water partition coefficient (Wildman–Crippen LogP) is 3.05. The van der Waals surface area contributed by atoms with Gasteiger partial charge in [0.05, 0.1) is 31.3 Å². The molecule has 3 aliphatic heterocycles. The third kappa shape index (κ3) is 6.70. The van der Waals surface area contributed by atoms with Crippen molar-refractivity contribution in [1.82, 2.24) is 19.8 Å². The molecule has 3 aliphatic rings. The van der Waals surface area contributed by atoms with Crippen LogP contribution in [0.25, 0.3) is 0 Å². The summed E-state index contributed by atoms with van der Waals surface area (Å²) < 4.78 is 11.4. The summed E-state index contributed by atoms with van der Waals surface area (Å²) in [4.78, 5) is 19.0. The number of benzene rings is 1. The number of hydrogen-bond acceptors (Lipinski definition) is 10. The van der Waals surface area contributed by atoms with E-state index in [2.05, 4.69) is 59.9 Å². The Balaban J connectivity index is 1.42. The molecular weight excluding hydrogens is 530 g/mol. The number of nitrogens with zero attached hydrogens (tertiary/aromatic N) is 7. The minimum Gasteiger partial charge on any atom is -0.462 e. The molecule has 4 heterocycles. The molecular formula is C32H45N7O3. The predicted molar refractivity (Wildman–Crippen MR) is 164 cm³/mol. The average Bonchev–Trinajstić information content (AvgIpc) is 3.41. The molecule has 0 saturated carbocycles. The Bertz CT molecular complexity index is 1300. The first-order valence-corrected chi connectivity index (χ1v) is 15.1. The van der Waals surface area contributed by atoms with E-state index in [0.717, 1.165) is 43.0 Å². The first kappa shape index (κ1) is 30.2. The lowest BCUT2D eigenvalue weighted by atomic mass is 10.0. The van der Waals surface area contributed by atoms with Crippen LogP contribution in [0.2, 0.25) is 0 Å². The molecule has 1 aromatic carbocycles. The van der Waals surface area contributed by atoms with Crippen LogP contribution in [0.1, 0.15) is 41.6 Å². The molecule has 10 nitrogen and oxygen atoms in total. The molecule has 1 unspecified atom stereocenters. The van der Waals surface area contributed by atoms with Crippen molar-refractivity contribution >= 4 is 11.5 Å². The molecule has 2 saturated heterocycles. The van der Waals surface area contributed by atoms with Crippen molar-refractivity contribution in [3.63, 3.8) is 0 Å². The fourth-order valence-electron chi connectivity index (χ4n) is 6.44. The van der Waals surface area contributed by atoms with Crippen LogP contribution in [-0.4, -0.2) is 103 Å². The lowest BCUT2D eigenvalue weighted by Crippen LogP contribution is -2.56. The van der Waals surface area contributed by atoms with Gasteiger partial charge in [-0.15, -0.1) is 0 Å². The maximum Gasteiger partial charge on any atom is 0.318 e. The second kappa shape index (κ2) is 13.8. The van der Waals surface area contributed by atoms with Crippen LogP contribution in [0.5, 0.6) is 6.01 Å². The van der Waals surface area contributed by atoms with Gasteiger partial charge in [-0.3, -0.25) is 4.90 Å². The number of fused-ring (bicyclic) bond motifs is 1. The van der Waals surface area contributed by atoms with Gasteiger partial charge < -0.3 is 29.3 Å². The van der Waals surface area contributed by atoms with E-state index < -0.39 is 6.23 Å². The highest BCUT2D eigenvalue weighted by Crippen LogP contribution is 2.34. The van der Waals surface area contributed by atoms with Crippen molar-refractivity contribution in [2.45, 2.75) is 64.4 Å². The number of likely N-dealkylation sites (tertiary alicyclic amines) is 1. The van der Waals surface area contributed by atoms with Gasteiger partial charge in [0.25, 0.3) is 0 Å². The normalized spacial score (nSPS) is 22.4. The molecule has 3 atom stereocenters. The fourth-order valence-corrected chi connectivity index (χ4v) is 6.44. The highest BCUT2D eigenvalue weighted by Gasteiger charge is 2.34. The standard InChI is InChI=1S/C32H45N7O3/c1-23-8-5-10-29(24(23)2)37-16-13-27-28(21-37)34-32(42-22-26-9-6-15-36(26)3)35-31(27)38-17-18-39(25(20-38)12-14-33)30(40)11-7-19-41-4/h5,7-8,10-11,25-26,30,40H,6,9,12-13,15-22H2,1-4H3/b11-7+/t25-,26-,30?/m0/s1. The van der Waals surface area contributed by atoms with Gasteiger partial charge in [0.2, 0.25) is 0 Å². The van der Waals surface area contributed by atoms with Crippen molar-refractivity contribution in [2.24, 2.45) is 0 Å². The Morgan fingerprint density at radius 1 is 1.14 bits per heavy atom. The van der Waals surface area contributed by atoms with E-state index in [1.165, 1.54) is 23.2 Å². The average molecular weight is 576 g/mol. The molecule has 2 fully saturated rings. The van der Waals surface area contributed by atoms with Crippen molar-refractivity contribution < 1.29 is 14.6 Å². The lowest BCUT2D eigenvalue weighted by Gasteiger charge is -2.43. The van der Waals surface area contributed by atoms with Crippen molar-refractivity contribution in [3.8, 4) is 12.1 Å². The smallest absolute Gasteiger partial charge is 0.318 e. The number of piperazine rings is 1. The Hall–Kier alpha value is -3.23. The minimum absolute atomic E-state index is 0.136. The Labute approximate surface area is 250 Å². The maximum atomic E-state index is 10.9. The third-order valence-corrected chi connectivity index (χ3v) is 9.08. The Kier molecular flexibility index (Phi) is 9.95. The summed E-state index contributed by atoms with van der Waals surface area (Å²) in [5, 5.41) is 20.5. The molecule has 10 heteroatoms. The van der Waals surface area contributed by atoms with Crippen LogP contribution in [0, 0.1) is 25.2 Å². The van der Waals surface area contributed by atoms with Crippen molar-refractivity contribution in [3.05, 3.63) is 52.7 Å². The fraction of sp³-hybridized carbons (Fsp3) is 0.594. The van der Waals surface area contributed by atoms with Crippen LogP contribution in [0.4, 0.5) is 11.5 Å². The Morgan fingerprint density at radius 3 is 2.76 bits per heavy atom. The second-order valence-electron chi connectivity index (χ2n) is 11.7. The van der Waals surface area contributed by atoms with Gasteiger partial charge in [-0.1, -0.05) is 18.2 Å². The molecule has 1 N–H and O–H groups in total. The van der Waals surface area contributed by atoms with Gasteiger partial charge in [-0.05, 0) is 70.0 Å². The van der Waals surface area contributed by atoms with Crippen molar-refractivity contribution in [2.75, 3.05) is 69.9 Å². The zero-order chi connectivity index (χ0) is 29.6. The van der Waals surface area contributed by atoms with Gasteiger partial charge >= 0.3 is 6.01 Å². The second-order valence-corrected chi connectivity index (χ2v) is 11.7.